The Labute approximate surface area is 138 Å². The smallest absolute Gasteiger partial charge is 0.192 e. The molecule has 1 atom stereocenters. The summed E-state index contributed by atoms with van der Waals surface area (Å²) in [7, 11) is 0. The van der Waals surface area contributed by atoms with Crippen molar-refractivity contribution in [1.82, 2.24) is 5.32 Å². The molecule has 0 fully saturated rings. The average Bonchev–Trinajstić information content (AvgIpc) is 2.87. The molecule has 3 nitrogen and oxygen atoms in total. The van der Waals surface area contributed by atoms with Crippen LogP contribution < -0.4 is 5.32 Å². The minimum atomic E-state index is -0.688. The van der Waals surface area contributed by atoms with E-state index < -0.39 is 11.7 Å². The molecule has 0 saturated carbocycles. The van der Waals surface area contributed by atoms with Crippen LogP contribution in [-0.4, -0.2) is 5.78 Å². The summed E-state index contributed by atoms with van der Waals surface area (Å²) in [5, 5.41) is 12.8. The van der Waals surface area contributed by atoms with Crippen molar-refractivity contribution in [1.29, 1.82) is 5.26 Å². The number of benzene rings is 2. The molecule has 24 heavy (non-hydrogen) atoms. The van der Waals surface area contributed by atoms with Crippen LogP contribution >= 0.6 is 0 Å². The third-order valence-electron chi connectivity index (χ3n) is 4.59. The number of halogens is 1. The SMILES string of the molecule is CC1=C(C#N)[C@H](c2ccccc2F)C2=C(N1)c1ccccc1C2=O. The van der Waals surface area contributed by atoms with Crippen molar-refractivity contribution < 1.29 is 9.18 Å². The number of allylic oxidation sites excluding steroid dienone is 3. The van der Waals surface area contributed by atoms with Crippen molar-refractivity contribution in [2.45, 2.75) is 12.8 Å². The number of fused-ring (bicyclic) bond motifs is 2. The normalized spacial score (nSPS) is 18.9. The minimum absolute atomic E-state index is 0.151. The lowest BCUT2D eigenvalue weighted by molar-refractivity contribution is 0.103. The molecule has 0 bridgehead atoms. The quantitative estimate of drug-likeness (QED) is 0.867. The van der Waals surface area contributed by atoms with Gasteiger partial charge in [-0.2, -0.15) is 5.26 Å². The van der Waals surface area contributed by atoms with Crippen LogP contribution in [0.2, 0.25) is 0 Å². The minimum Gasteiger partial charge on any atom is -0.357 e. The van der Waals surface area contributed by atoms with Gasteiger partial charge in [-0.25, -0.2) is 4.39 Å². The number of nitriles is 1. The summed E-state index contributed by atoms with van der Waals surface area (Å²) in [5.41, 5.74) is 3.89. The van der Waals surface area contributed by atoms with Crippen molar-refractivity contribution in [2.24, 2.45) is 0 Å². The summed E-state index contributed by atoms with van der Waals surface area (Å²) in [5.74, 6) is -1.26. The van der Waals surface area contributed by atoms with Gasteiger partial charge in [0, 0.05) is 28.0 Å². The van der Waals surface area contributed by atoms with Crippen LogP contribution in [0.5, 0.6) is 0 Å². The van der Waals surface area contributed by atoms with Gasteiger partial charge in [0.2, 0.25) is 0 Å². The Bertz CT molecular complexity index is 995. The highest BCUT2D eigenvalue weighted by Gasteiger charge is 2.41. The van der Waals surface area contributed by atoms with Crippen molar-refractivity contribution in [3.05, 3.63) is 87.9 Å². The number of ketones is 1. The van der Waals surface area contributed by atoms with Gasteiger partial charge in [-0.1, -0.05) is 42.5 Å². The number of dihydropyridines is 1. The van der Waals surface area contributed by atoms with E-state index in [4.69, 9.17) is 0 Å². The van der Waals surface area contributed by atoms with Gasteiger partial charge in [0.15, 0.2) is 5.78 Å². The first-order valence-corrected chi connectivity index (χ1v) is 7.64. The number of rotatable bonds is 1. The number of nitrogens with zero attached hydrogens (tertiary/aromatic N) is 1. The van der Waals surface area contributed by atoms with Crippen LogP contribution in [0.15, 0.2) is 65.4 Å². The average molecular weight is 316 g/mol. The summed E-state index contributed by atoms with van der Waals surface area (Å²) in [6, 6.07) is 15.8. The molecule has 2 aromatic carbocycles. The maximum Gasteiger partial charge on any atom is 0.192 e. The number of hydrogen-bond acceptors (Lipinski definition) is 3. The zero-order valence-electron chi connectivity index (χ0n) is 12.9. The van der Waals surface area contributed by atoms with Crippen molar-refractivity contribution in [3.63, 3.8) is 0 Å². The molecule has 4 heteroatoms. The molecule has 0 amide bonds. The van der Waals surface area contributed by atoms with E-state index in [0.717, 1.165) is 5.56 Å². The van der Waals surface area contributed by atoms with E-state index in [9.17, 15) is 14.4 Å². The highest BCUT2D eigenvalue weighted by molar-refractivity contribution is 6.22. The zero-order valence-corrected chi connectivity index (χ0v) is 12.9. The highest BCUT2D eigenvalue weighted by atomic mass is 19.1. The summed E-state index contributed by atoms with van der Waals surface area (Å²) < 4.78 is 14.4. The number of carbonyl (C=O) groups excluding carboxylic acids is 1. The van der Waals surface area contributed by atoms with Crippen molar-refractivity contribution in [3.8, 4) is 6.07 Å². The molecular weight excluding hydrogens is 303 g/mol. The topological polar surface area (TPSA) is 52.9 Å². The van der Waals surface area contributed by atoms with Gasteiger partial charge >= 0.3 is 0 Å². The zero-order chi connectivity index (χ0) is 16.8. The molecule has 4 rings (SSSR count). The summed E-state index contributed by atoms with van der Waals surface area (Å²) in [6.45, 7) is 1.78. The Kier molecular flexibility index (Phi) is 3.10. The Balaban J connectivity index is 2.00. The van der Waals surface area contributed by atoms with Gasteiger partial charge in [0.05, 0.1) is 23.3 Å². The third-order valence-corrected chi connectivity index (χ3v) is 4.59. The fourth-order valence-corrected chi connectivity index (χ4v) is 3.50. The monoisotopic (exact) mass is 316 g/mol. The Hall–Kier alpha value is -3.19. The van der Waals surface area contributed by atoms with Crippen LogP contribution in [-0.2, 0) is 0 Å². The molecular formula is C20H13FN2O. The number of nitrogens with one attached hydrogen (secondary N) is 1. The maximum absolute atomic E-state index is 14.4. The molecule has 0 spiro atoms. The second-order valence-corrected chi connectivity index (χ2v) is 5.89. The summed E-state index contributed by atoms with van der Waals surface area (Å²) in [4.78, 5) is 12.9. The molecule has 2 aromatic rings. The first-order valence-electron chi connectivity index (χ1n) is 7.64. The molecule has 116 valence electrons. The third kappa shape index (κ3) is 1.85. The van der Waals surface area contributed by atoms with Gasteiger partial charge in [0.1, 0.15) is 5.82 Å². The molecule has 1 N–H and O–H groups in total. The molecule has 1 aliphatic carbocycles. The number of Topliss-reactive ketones (excluding diaryl/α,β-unsaturated/α-hetero) is 1. The lowest BCUT2D eigenvalue weighted by Gasteiger charge is -2.27. The van der Waals surface area contributed by atoms with Gasteiger partial charge in [-0.3, -0.25) is 4.79 Å². The van der Waals surface area contributed by atoms with E-state index in [-0.39, 0.29) is 5.78 Å². The summed E-state index contributed by atoms with van der Waals surface area (Å²) >= 11 is 0. The van der Waals surface area contributed by atoms with E-state index in [1.165, 1.54) is 6.07 Å². The fraction of sp³-hybridized carbons (Fsp3) is 0.100. The van der Waals surface area contributed by atoms with Crippen molar-refractivity contribution in [2.75, 3.05) is 0 Å². The van der Waals surface area contributed by atoms with E-state index in [2.05, 4.69) is 11.4 Å². The fourth-order valence-electron chi connectivity index (χ4n) is 3.50. The van der Waals surface area contributed by atoms with E-state index in [0.29, 0.717) is 33.7 Å². The molecule has 1 aliphatic heterocycles. The lowest BCUT2D eigenvalue weighted by atomic mass is 9.80. The predicted molar refractivity (Wildman–Crippen MR) is 88.3 cm³/mol. The predicted octanol–water partition coefficient (Wildman–Crippen LogP) is 3.92. The van der Waals surface area contributed by atoms with Crippen LogP contribution in [0.25, 0.3) is 5.70 Å². The second-order valence-electron chi connectivity index (χ2n) is 5.89. The largest absolute Gasteiger partial charge is 0.357 e. The van der Waals surface area contributed by atoms with Crippen LogP contribution in [0, 0.1) is 17.1 Å². The van der Waals surface area contributed by atoms with E-state index >= 15 is 0 Å². The first-order chi connectivity index (χ1) is 11.6. The molecule has 1 heterocycles. The molecule has 0 aromatic heterocycles. The maximum atomic E-state index is 14.4. The Morgan fingerprint density at radius 1 is 1.08 bits per heavy atom. The van der Waals surface area contributed by atoms with Crippen LogP contribution in [0.3, 0.4) is 0 Å². The Morgan fingerprint density at radius 2 is 1.75 bits per heavy atom. The molecule has 0 unspecified atom stereocenters. The van der Waals surface area contributed by atoms with Gasteiger partial charge in [-0.15, -0.1) is 0 Å². The lowest BCUT2D eigenvalue weighted by Crippen LogP contribution is -2.24. The van der Waals surface area contributed by atoms with Crippen molar-refractivity contribution >= 4 is 11.5 Å². The highest BCUT2D eigenvalue weighted by Crippen LogP contribution is 2.46. The Morgan fingerprint density at radius 3 is 2.46 bits per heavy atom. The first kappa shape index (κ1) is 14.4. The summed E-state index contributed by atoms with van der Waals surface area (Å²) in [6.07, 6.45) is 0. The molecule has 0 saturated heterocycles. The van der Waals surface area contributed by atoms with E-state index in [1.54, 1.807) is 37.3 Å². The van der Waals surface area contributed by atoms with Crippen LogP contribution in [0.1, 0.15) is 34.3 Å². The van der Waals surface area contributed by atoms with E-state index in [1.807, 2.05) is 12.1 Å². The van der Waals surface area contributed by atoms with Crippen LogP contribution in [0.4, 0.5) is 4.39 Å². The number of hydrogen-bond donors (Lipinski definition) is 1. The molecule has 0 radical (unpaired) electrons. The van der Waals surface area contributed by atoms with Gasteiger partial charge < -0.3 is 5.32 Å². The van der Waals surface area contributed by atoms with Gasteiger partial charge in [-0.05, 0) is 13.0 Å². The molecule has 2 aliphatic rings. The number of carbonyl (C=O) groups is 1. The second kappa shape index (κ2) is 5.17. The van der Waals surface area contributed by atoms with Gasteiger partial charge in [0.25, 0.3) is 0 Å². The standard InChI is InChI=1S/C20H13FN2O/c1-11-15(10-22)17(14-8-4-5-9-16(14)21)18-19(23-11)12-6-2-3-7-13(12)20(18)24/h2-9,17,23H,1H3/t17-/m0/s1.